The van der Waals surface area contributed by atoms with E-state index in [-0.39, 0.29) is 17.1 Å². The summed E-state index contributed by atoms with van der Waals surface area (Å²) in [7, 11) is 1.96. The number of pyridine rings is 1. The van der Waals surface area contributed by atoms with Gasteiger partial charge in [0.25, 0.3) is 5.91 Å². The Hall–Kier alpha value is -4.01. The van der Waals surface area contributed by atoms with Crippen molar-refractivity contribution in [2.45, 2.75) is 59.0 Å². The van der Waals surface area contributed by atoms with E-state index in [2.05, 4.69) is 41.5 Å². The van der Waals surface area contributed by atoms with E-state index < -0.39 is 6.10 Å². The molecule has 2 aliphatic rings. The van der Waals surface area contributed by atoms with Crippen LogP contribution in [-0.4, -0.2) is 69.6 Å². The summed E-state index contributed by atoms with van der Waals surface area (Å²) in [4.78, 5) is 28.9. The van der Waals surface area contributed by atoms with E-state index >= 15 is 0 Å². The summed E-state index contributed by atoms with van der Waals surface area (Å²) < 4.78 is 15.7. The average Bonchev–Trinajstić information content (AvgIpc) is 3.64. The maximum absolute atomic E-state index is 13.6. The number of aryl methyl sites for hydroxylation is 2. The average molecular weight is 616 g/mol. The van der Waals surface area contributed by atoms with Crippen molar-refractivity contribution >= 4 is 39.5 Å². The molecule has 9 nitrogen and oxygen atoms in total. The van der Waals surface area contributed by atoms with Gasteiger partial charge in [0.2, 0.25) is 0 Å². The van der Waals surface area contributed by atoms with Gasteiger partial charge in [0.05, 0.1) is 11.4 Å². The highest BCUT2D eigenvalue weighted by Gasteiger charge is 2.39. The lowest BCUT2D eigenvalue weighted by Gasteiger charge is -2.47. The highest BCUT2D eigenvalue weighted by molar-refractivity contribution is 7.16. The minimum atomic E-state index is -0.940. The number of imidazole rings is 1. The van der Waals surface area contributed by atoms with Gasteiger partial charge in [-0.2, -0.15) is 5.26 Å². The van der Waals surface area contributed by atoms with Crippen molar-refractivity contribution in [1.29, 1.82) is 5.26 Å². The Balaban J connectivity index is 1.27. The van der Waals surface area contributed by atoms with Crippen molar-refractivity contribution in [1.82, 2.24) is 19.3 Å². The normalized spacial score (nSPS) is 17.2. The summed E-state index contributed by atoms with van der Waals surface area (Å²) in [5.41, 5.74) is 5.57. The first kappa shape index (κ1) is 30.0. The maximum Gasteiger partial charge on any atom is 0.251 e. The van der Waals surface area contributed by atoms with Crippen molar-refractivity contribution in [3.63, 3.8) is 0 Å². The van der Waals surface area contributed by atoms with Crippen LogP contribution in [0, 0.1) is 29.5 Å². The second-order valence-corrected chi connectivity index (χ2v) is 13.1. The summed E-state index contributed by atoms with van der Waals surface area (Å²) in [6.45, 7) is 9.04. The molecule has 1 amide bonds. The molecule has 0 saturated carbocycles. The van der Waals surface area contributed by atoms with Crippen molar-refractivity contribution < 1.29 is 14.3 Å². The largest absolute Gasteiger partial charge is 0.384 e. The van der Waals surface area contributed by atoms with Gasteiger partial charge in [0, 0.05) is 45.0 Å². The number of nitrogens with zero attached hydrogens (tertiary/aromatic N) is 7. The van der Waals surface area contributed by atoms with Gasteiger partial charge in [-0.25, -0.2) is 14.4 Å². The van der Waals surface area contributed by atoms with E-state index in [1.807, 2.05) is 16.8 Å². The highest BCUT2D eigenvalue weighted by atomic mass is 32.1. The third kappa shape index (κ3) is 5.41. The van der Waals surface area contributed by atoms with Gasteiger partial charge in [0.1, 0.15) is 40.0 Å². The van der Waals surface area contributed by atoms with Crippen LogP contribution >= 0.6 is 11.3 Å². The number of fused-ring (bicyclic) bond motifs is 1. The number of halogens is 1. The molecular formula is C33H38FN7O2S. The molecule has 0 unspecified atom stereocenters. The zero-order valence-electron chi connectivity index (χ0n) is 25.7. The Morgan fingerprint density at radius 3 is 2.43 bits per heavy atom. The van der Waals surface area contributed by atoms with E-state index in [1.165, 1.54) is 23.5 Å². The topological polar surface area (TPSA) is 101 Å². The maximum atomic E-state index is 13.6. The van der Waals surface area contributed by atoms with Gasteiger partial charge in [-0.05, 0) is 87.3 Å². The van der Waals surface area contributed by atoms with E-state index in [4.69, 9.17) is 9.97 Å². The molecule has 0 radical (unpaired) electrons. The van der Waals surface area contributed by atoms with Crippen molar-refractivity contribution in [3.8, 4) is 17.3 Å². The molecule has 2 saturated heterocycles. The Kier molecular flexibility index (Phi) is 8.07. The molecule has 4 aromatic rings. The number of nitriles is 1. The Labute approximate surface area is 261 Å². The number of thiazole rings is 1. The van der Waals surface area contributed by atoms with Crippen molar-refractivity contribution in [2.24, 2.45) is 5.41 Å². The first-order chi connectivity index (χ1) is 21.1. The van der Waals surface area contributed by atoms with Crippen LogP contribution in [0.4, 0.5) is 21.0 Å². The van der Waals surface area contributed by atoms with Gasteiger partial charge in [-0.1, -0.05) is 18.3 Å². The first-order valence-electron chi connectivity index (χ1n) is 15.3. The molecule has 2 fully saturated rings. The molecule has 0 aliphatic carbocycles. The van der Waals surface area contributed by atoms with Crippen molar-refractivity contribution in [2.75, 3.05) is 43.0 Å². The van der Waals surface area contributed by atoms with Gasteiger partial charge in [-0.3, -0.25) is 9.20 Å². The number of aliphatic hydroxyl groups excluding tert-OH is 1. The monoisotopic (exact) mass is 615 g/mol. The molecule has 3 aromatic heterocycles. The fraction of sp³-hybridized carbons (Fsp3) is 0.455. The highest BCUT2D eigenvalue weighted by Crippen LogP contribution is 2.43. The number of aromatic nitrogens is 3. The van der Waals surface area contributed by atoms with E-state index in [0.29, 0.717) is 34.4 Å². The fourth-order valence-electron chi connectivity index (χ4n) is 6.72. The van der Waals surface area contributed by atoms with Crippen LogP contribution in [0.2, 0.25) is 0 Å². The smallest absolute Gasteiger partial charge is 0.251 e. The summed E-state index contributed by atoms with van der Waals surface area (Å²) >= 11 is 1.31. The summed E-state index contributed by atoms with van der Waals surface area (Å²) in [5.74, 6) is 0.421. The summed E-state index contributed by atoms with van der Waals surface area (Å²) in [5, 5.41) is 20.3. The predicted molar refractivity (Wildman–Crippen MR) is 171 cm³/mol. The number of carbonyl (C=O) groups excluding carboxylic acids is 1. The number of hydrogen-bond donors (Lipinski definition) is 1. The predicted octanol–water partition coefficient (Wildman–Crippen LogP) is 5.70. The quantitative estimate of drug-likeness (QED) is 0.297. The Morgan fingerprint density at radius 1 is 1.16 bits per heavy atom. The van der Waals surface area contributed by atoms with Crippen LogP contribution in [0.1, 0.15) is 55.7 Å². The molecule has 6 rings (SSSR count). The van der Waals surface area contributed by atoms with E-state index in [0.717, 1.165) is 73.6 Å². The van der Waals surface area contributed by atoms with Crippen LogP contribution in [0.5, 0.6) is 0 Å². The van der Waals surface area contributed by atoms with Gasteiger partial charge in [0.15, 0.2) is 5.13 Å². The van der Waals surface area contributed by atoms with E-state index in [9.17, 15) is 19.6 Å². The lowest BCUT2D eigenvalue weighted by atomic mass is 9.71. The number of anilines is 3. The lowest BCUT2D eigenvalue weighted by Crippen LogP contribution is -2.50. The first-order valence-corrected chi connectivity index (χ1v) is 16.1. The van der Waals surface area contributed by atoms with Crippen LogP contribution < -0.4 is 9.80 Å². The van der Waals surface area contributed by atoms with Gasteiger partial charge < -0.3 is 19.8 Å². The van der Waals surface area contributed by atoms with Gasteiger partial charge in [-0.15, -0.1) is 0 Å². The molecule has 1 aromatic carbocycles. The molecular weight excluding hydrogens is 577 g/mol. The number of hydrogen-bond acceptors (Lipinski definition) is 8. The number of likely N-dealkylation sites (tertiary alicyclic amines) is 1. The summed E-state index contributed by atoms with van der Waals surface area (Å²) in [6, 6.07) is 10.6. The molecule has 1 spiro atoms. The molecule has 230 valence electrons. The minimum absolute atomic E-state index is 0.165. The third-order valence-electron chi connectivity index (χ3n) is 9.39. The van der Waals surface area contributed by atoms with Crippen LogP contribution in [-0.2, 0) is 11.2 Å². The summed E-state index contributed by atoms with van der Waals surface area (Å²) in [6.07, 6.45) is 6.06. The minimum Gasteiger partial charge on any atom is -0.384 e. The molecule has 1 N–H and O–H groups in total. The van der Waals surface area contributed by atoms with Crippen LogP contribution in [0.3, 0.4) is 0 Å². The second-order valence-electron chi connectivity index (χ2n) is 12.2. The Bertz CT molecular complexity index is 1720. The van der Waals surface area contributed by atoms with Gasteiger partial charge >= 0.3 is 0 Å². The third-order valence-corrected chi connectivity index (χ3v) is 10.4. The molecule has 0 bridgehead atoms. The SMILES string of the molecule is CCc1nc2c(C)cc(N3CCC4(CCN(C(=O)[C@H](C)O)CC4)CC3)cn2c1N(C)c1nc(-c2ccc(F)cc2)c(C#N)s1. The lowest BCUT2D eigenvalue weighted by molar-refractivity contribution is -0.141. The number of piperidine rings is 2. The number of aliphatic hydroxyl groups is 1. The number of benzene rings is 1. The molecule has 11 heteroatoms. The molecule has 44 heavy (non-hydrogen) atoms. The number of rotatable bonds is 6. The zero-order valence-corrected chi connectivity index (χ0v) is 26.5. The molecule has 5 heterocycles. The van der Waals surface area contributed by atoms with Crippen LogP contribution in [0.15, 0.2) is 36.5 Å². The Morgan fingerprint density at radius 2 is 1.82 bits per heavy atom. The molecule has 1 atom stereocenters. The van der Waals surface area contributed by atoms with Crippen LogP contribution in [0.25, 0.3) is 16.9 Å². The van der Waals surface area contributed by atoms with E-state index in [1.54, 1.807) is 19.1 Å². The van der Waals surface area contributed by atoms with Crippen molar-refractivity contribution in [3.05, 3.63) is 58.5 Å². The standard InChI is InChI=1S/C33H38FN7O2S/c1-5-26-30(38(4)32-37-28(27(19-35)44-32)23-6-8-24(34)9-7-23)41-20-25(18-21(2)29(41)36-26)39-14-10-33(11-15-39)12-16-40(17-13-33)31(43)22(3)42/h6-9,18,20,22,42H,5,10-17H2,1-4H3/t22-/m0/s1. The fourth-order valence-corrected chi connectivity index (χ4v) is 7.57. The second kappa shape index (κ2) is 11.8. The number of amides is 1. The molecule has 2 aliphatic heterocycles. The number of carbonyl (C=O) groups is 1. The zero-order chi connectivity index (χ0) is 31.2.